The maximum absolute atomic E-state index is 14.4. The van der Waals surface area contributed by atoms with Crippen LogP contribution in [-0.4, -0.2) is 56.8 Å². The van der Waals surface area contributed by atoms with Gasteiger partial charge in [-0.15, -0.1) is 0 Å². The van der Waals surface area contributed by atoms with Gasteiger partial charge in [-0.1, -0.05) is 10.8 Å². The van der Waals surface area contributed by atoms with Crippen molar-refractivity contribution in [1.29, 1.82) is 0 Å². The highest BCUT2D eigenvalue weighted by Gasteiger charge is 2.48. The molecule has 3 atom stereocenters. The molecule has 3 heterocycles. The van der Waals surface area contributed by atoms with Crippen LogP contribution in [0.2, 0.25) is 0 Å². The molecule has 0 amide bonds. The van der Waals surface area contributed by atoms with Gasteiger partial charge in [-0.2, -0.15) is 0 Å². The molecule has 2 aliphatic carbocycles. The molecular weight excluding hydrogens is 383 g/mol. The number of rotatable bonds is 7. The van der Waals surface area contributed by atoms with Crippen LogP contribution in [0.15, 0.2) is 59.5 Å². The number of allylic oxidation sites excluding steroid dienone is 4. The number of nitrogens with zero attached hydrogens (tertiary/aromatic N) is 6. The molecule has 30 heavy (non-hydrogen) atoms. The number of hydrogen-bond donors (Lipinski definition) is 0. The van der Waals surface area contributed by atoms with Crippen LogP contribution in [0.25, 0.3) is 11.6 Å². The average Bonchev–Trinajstić information content (AvgIpc) is 3.46. The normalized spacial score (nSPS) is 24.5. The van der Waals surface area contributed by atoms with E-state index in [-0.39, 0.29) is 11.7 Å². The molecular formula is C22H22FN6O+. The van der Waals surface area contributed by atoms with Crippen molar-refractivity contribution < 1.29 is 13.8 Å². The first-order chi connectivity index (χ1) is 14.7. The third-order valence-corrected chi connectivity index (χ3v) is 5.70. The minimum absolute atomic E-state index is 0.0922. The van der Waals surface area contributed by atoms with Gasteiger partial charge < -0.3 is 4.74 Å². The molecule has 3 unspecified atom stereocenters. The molecule has 0 radical (unpaired) electrons. The summed E-state index contributed by atoms with van der Waals surface area (Å²) < 4.78 is 21.3. The van der Waals surface area contributed by atoms with Crippen molar-refractivity contribution in [3.63, 3.8) is 0 Å². The molecule has 152 valence electrons. The maximum atomic E-state index is 14.4. The fourth-order valence-corrected chi connectivity index (χ4v) is 4.12. The van der Waals surface area contributed by atoms with Gasteiger partial charge in [-0.3, -0.25) is 0 Å². The number of halogens is 1. The van der Waals surface area contributed by atoms with Crippen molar-refractivity contribution in [1.82, 2.24) is 19.9 Å². The SMILES string of the molecule is COCCC[N+]1=CC2C(C3CC3c3cnc(-c4ncccn4)nc3)=CC=C(F)C2=N1. The Labute approximate surface area is 173 Å². The van der Waals surface area contributed by atoms with E-state index in [2.05, 4.69) is 25.0 Å². The van der Waals surface area contributed by atoms with Gasteiger partial charge in [-0.25, -0.2) is 24.3 Å². The van der Waals surface area contributed by atoms with Crippen molar-refractivity contribution in [2.24, 2.45) is 16.9 Å². The van der Waals surface area contributed by atoms with E-state index in [4.69, 9.17) is 4.74 Å². The Morgan fingerprint density at radius 2 is 1.83 bits per heavy atom. The highest BCUT2D eigenvalue weighted by molar-refractivity contribution is 6.12. The van der Waals surface area contributed by atoms with Crippen LogP contribution < -0.4 is 0 Å². The molecule has 0 spiro atoms. The van der Waals surface area contributed by atoms with Crippen LogP contribution in [-0.2, 0) is 4.74 Å². The van der Waals surface area contributed by atoms with Gasteiger partial charge in [0, 0.05) is 38.3 Å². The van der Waals surface area contributed by atoms with Gasteiger partial charge in [0.15, 0.2) is 35.9 Å². The lowest BCUT2D eigenvalue weighted by molar-refractivity contribution is -0.527. The third kappa shape index (κ3) is 3.59. The molecule has 1 saturated carbocycles. The molecule has 0 saturated heterocycles. The zero-order valence-electron chi connectivity index (χ0n) is 16.6. The summed E-state index contributed by atoms with van der Waals surface area (Å²) in [6.45, 7) is 1.38. The standard InChI is InChI=1S/C22H22FN6O/c1-30-9-3-8-29-13-18-15(4-5-19(23)20(18)28-29)17-10-16(17)14-11-26-22(27-12-14)21-24-6-2-7-25-21/h2,4-7,11-13,16-18H,3,8-10H2,1H3/q+1. The van der Waals surface area contributed by atoms with E-state index in [1.165, 1.54) is 5.57 Å². The Hall–Kier alpha value is -3.13. The Morgan fingerprint density at radius 3 is 2.60 bits per heavy atom. The predicted molar refractivity (Wildman–Crippen MR) is 110 cm³/mol. The summed E-state index contributed by atoms with van der Waals surface area (Å²) in [5.74, 6) is 1.38. The Balaban J connectivity index is 1.31. The van der Waals surface area contributed by atoms with Crippen molar-refractivity contribution >= 4 is 11.9 Å². The highest BCUT2D eigenvalue weighted by Crippen LogP contribution is 2.54. The number of aromatic nitrogens is 4. The molecule has 1 fully saturated rings. The molecule has 1 aliphatic heterocycles. The molecule has 0 N–H and O–H groups in total. The molecule has 0 bridgehead atoms. The van der Waals surface area contributed by atoms with E-state index < -0.39 is 0 Å². The highest BCUT2D eigenvalue weighted by atomic mass is 19.1. The van der Waals surface area contributed by atoms with Crippen LogP contribution in [0.4, 0.5) is 4.39 Å². The van der Waals surface area contributed by atoms with Crippen LogP contribution in [0.1, 0.15) is 24.3 Å². The van der Waals surface area contributed by atoms with Gasteiger partial charge in [0.2, 0.25) is 0 Å². The van der Waals surface area contributed by atoms with E-state index in [0.29, 0.717) is 35.8 Å². The number of ether oxygens (including phenoxy) is 1. The van der Waals surface area contributed by atoms with Crippen molar-refractivity contribution in [2.75, 3.05) is 20.3 Å². The second-order valence-corrected chi connectivity index (χ2v) is 7.66. The zero-order valence-corrected chi connectivity index (χ0v) is 16.6. The molecule has 3 aliphatic rings. The Kier molecular flexibility index (Phi) is 5.00. The van der Waals surface area contributed by atoms with E-state index in [1.54, 1.807) is 31.6 Å². The Morgan fingerprint density at radius 1 is 1.07 bits per heavy atom. The third-order valence-electron chi connectivity index (χ3n) is 5.70. The lowest BCUT2D eigenvalue weighted by Crippen LogP contribution is -2.20. The lowest BCUT2D eigenvalue weighted by atomic mass is 9.86. The second-order valence-electron chi connectivity index (χ2n) is 7.66. The maximum Gasteiger partial charge on any atom is 0.197 e. The molecule has 2 aromatic rings. The molecule has 7 nitrogen and oxygen atoms in total. The Bertz CT molecular complexity index is 1060. The summed E-state index contributed by atoms with van der Waals surface area (Å²) in [5, 5.41) is 4.48. The van der Waals surface area contributed by atoms with Gasteiger partial charge in [0.1, 0.15) is 5.92 Å². The zero-order chi connectivity index (χ0) is 20.5. The monoisotopic (exact) mass is 405 g/mol. The molecule has 8 heteroatoms. The first kappa shape index (κ1) is 18.9. The van der Waals surface area contributed by atoms with Gasteiger partial charge in [0.25, 0.3) is 0 Å². The second kappa shape index (κ2) is 7.95. The first-order valence-corrected chi connectivity index (χ1v) is 10.1. The van der Waals surface area contributed by atoms with Gasteiger partial charge >= 0.3 is 0 Å². The van der Waals surface area contributed by atoms with E-state index in [9.17, 15) is 4.39 Å². The van der Waals surface area contributed by atoms with E-state index in [0.717, 1.165) is 24.9 Å². The molecule has 2 aromatic heterocycles. The summed E-state index contributed by atoms with van der Waals surface area (Å²) in [6, 6.07) is 1.76. The van der Waals surface area contributed by atoms with Crippen molar-refractivity contribution in [2.45, 2.75) is 18.8 Å². The largest absolute Gasteiger partial charge is 0.384 e. The quantitative estimate of drug-likeness (QED) is 0.523. The topological polar surface area (TPSA) is 76.2 Å². The number of methoxy groups -OCH3 is 1. The fourth-order valence-electron chi connectivity index (χ4n) is 4.12. The molecule has 0 aromatic carbocycles. The summed E-state index contributed by atoms with van der Waals surface area (Å²) in [7, 11) is 1.68. The summed E-state index contributed by atoms with van der Waals surface area (Å²) in [4.78, 5) is 17.3. The molecule has 5 rings (SSSR count). The van der Waals surface area contributed by atoms with Gasteiger partial charge in [-0.05, 0) is 46.6 Å². The van der Waals surface area contributed by atoms with Crippen LogP contribution in [0, 0.1) is 11.8 Å². The number of hydrazone groups is 1. The van der Waals surface area contributed by atoms with Crippen molar-refractivity contribution in [3.05, 3.63) is 60.0 Å². The summed E-state index contributed by atoms with van der Waals surface area (Å²) in [6.07, 6.45) is 14.4. The smallest absolute Gasteiger partial charge is 0.197 e. The van der Waals surface area contributed by atoms with Crippen LogP contribution >= 0.6 is 0 Å². The summed E-state index contributed by atoms with van der Waals surface area (Å²) >= 11 is 0. The summed E-state index contributed by atoms with van der Waals surface area (Å²) in [5.41, 5.74) is 2.82. The van der Waals surface area contributed by atoms with Crippen molar-refractivity contribution in [3.8, 4) is 11.6 Å². The average molecular weight is 405 g/mol. The number of fused-ring (bicyclic) bond motifs is 1. The minimum atomic E-state index is -0.248. The minimum Gasteiger partial charge on any atom is -0.384 e. The predicted octanol–water partition coefficient (Wildman–Crippen LogP) is 2.94. The van der Waals surface area contributed by atoms with E-state index >= 15 is 0 Å². The fraction of sp³-hybridized carbons (Fsp3) is 0.364. The lowest BCUT2D eigenvalue weighted by Gasteiger charge is -2.15. The van der Waals surface area contributed by atoms with Crippen LogP contribution in [0.3, 0.4) is 0 Å². The van der Waals surface area contributed by atoms with E-state index in [1.807, 2.05) is 29.4 Å². The number of hydrogen-bond acceptors (Lipinski definition) is 6. The first-order valence-electron chi connectivity index (χ1n) is 10.1. The van der Waals surface area contributed by atoms with Gasteiger partial charge in [0.05, 0.1) is 6.61 Å². The van der Waals surface area contributed by atoms with Crippen LogP contribution in [0.5, 0.6) is 0 Å².